The number of carbonyl (C=O) groups is 1. The monoisotopic (exact) mass is 295 g/mol. The highest BCUT2D eigenvalue weighted by molar-refractivity contribution is 5.94. The van der Waals surface area contributed by atoms with E-state index in [1.54, 1.807) is 18.5 Å². The van der Waals surface area contributed by atoms with Crippen molar-refractivity contribution in [2.45, 2.75) is 6.42 Å². The molecule has 0 spiro atoms. The SMILES string of the molecule is [N-]=[N+]=NCC1CC(=O)N(c2nccc(-c3ccccn3)n2)C1. The Bertz CT molecular complexity index is 727. The third kappa shape index (κ3) is 2.87. The number of anilines is 1. The lowest BCUT2D eigenvalue weighted by Gasteiger charge is -2.14. The summed E-state index contributed by atoms with van der Waals surface area (Å²) in [7, 11) is 0. The number of rotatable bonds is 4. The maximum absolute atomic E-state index is 12.1. The average molecular weight is 295 g/mol. The highest BCUT2D eigenvalue weighted by Crippen LogP contribution is 2.24. The molecular weight excluding hydrogens is 282 g/mol. The van der Waals surface area contributed by atoms with Gasteiger partial charge in [-0.2, -0.15) is 0 Å². The topological polar surface area (TPSA) is 108 Å². The first-order valence-electron chi connectivity index (χ1n) is 6.83. The van der Waals surface area contributed by atoms with Gasteiger partial charge in [0.25, 0.3) is 0 Å². The zero-order chi connectivity index (χ0) is 15.4. The van der Waals surface area contributed by atoms with Crippen molar-refractivity contribution >= 4 is 11.9 Å². The van der Waals surface area contributed by atoms with Gasteiger partial charge in [-0.05, 0) is 29.6 Å². The van der Waals surface area contributed by atoms with Crippen LogP contribution in [0.25, 0.3) is 21.8 Å². The summed E-state index contributed by atoms with van der Waals surface area (Å²) < 4.78 is 0. The number of nitrogens with zero attached hydrogens (tertiary/aromatic N) is 7. The van der Waals surface area contributed by atoms with Crippen LogP contribution < -0.4 is 4.90 Å². The number of aromatic nitrogens is 3. The molecule has 0 bridgehead atoms. The Morgan fingerprint density at radius 1 is 1.27 bits per heavy atom. The molecule has 2 aromatic heterocycles. The number of pyridine rings is 1. The first kappa shape index (κ1) is 14.0. The molecule has 3 heterocycles. The second-order valence-electron chi connectivity index (χ2n) is 4.94. The molecule has 0 radical (unpaired) electrons. The van der Waals surface area contributed by atoms with E-state index in [1.807, 2.05) is 18.2 Å². The van der Waals surface area contributed by atoms with Gasteiger partial charge in [0.15, 0.2) is 0 Å². The Labute approximate surface area is 126 Å². The van der Waals surface area contributed by atoms with Gasteiger partial charge in [0.1, 0.15) is 0 Å². The van der Waals surface area contributed by atoms with Crippen molar-refractivity contribution in [3.63, 3.8) is 0 Å². The van der Waals surface area contributed by atoms with Crippen molar-refractivity contribution in [2.75, 3.05) is 18.0 Å². The van der Waals surface area contributed by atoms with E-state index < -0.39 is 0 Å². The van der Waals surface area contributed by atoms with Crippen molar-refractivity contribution in [3.05, 3.63) is 47.1 Å². The van der Waals surface area contributed by atoms with Gasteiger partial charge in [-0.3, -0.25) is 14.7 Å². The minimum absolute atomic E-state index is 0.00510. The Morgan fingerprint density at radius 3 is 2.95 bits per heavy atom. The predicted molar refractivity (Wildman–Crippen MR) is 79.7 cm³/mol. The third-order valence-corrected chi connectivity index (χ3v) is 3.42. The van der Waals surface area contributed by atoms with Crippen LogP contribution in [-0.4, -0.2) is 33.9 Å². The summed E-state index contributed by atoms with van der Waals surface area (Å²) in [6.07, 6.45) is 3.64. The quantitative estimate of drug-likeness (QED) is 0.489. The van der Waals surface area contributed by atoms with Gasteiger partial charge in [-0.1, -0.05) is 11.2 Å². The Morgan fingerprint density at radius 2 is 2.18 bits per heavy atom. The first-order chi connectivity index (χ1) is 10.8. The van der Waals surface area contributed by atoms with Gasteiger partial charge in [0.05, 0.1) is 11.4 Å². The standard InChI is InChI=1S/C14H13N7O/c15-20-18-8-10-7-13(22)21(9-10)14-17-6-4-12(19-14)11-3-1-2-5-16-11/h1-6,10H,7-9H2. The molecule has 110 valence electrons. The van der Waals surface area contributed by atoms with Gasteiger partial charge in [0, 0.05) is 36.8 Å². The zero-order valence-corrected chi connectivity index (χ0v) is 11.7. The molecule has 2 aromatic rings. The second-order valence-corrected chi connectivity index (χ2v) is 4.94. The lowest BCUT2D eigenvalue weighted by atomic mass is 10.1. The summed E-state index contributed by atoms with van der Waals surface area (Å²) >= 11 is 0. The fourth-order valence-electron chi connectivity index (χ4n) is 2.38. The minimum atomic E-state index is -0.0590. The molecule has 1 atom stereocenters. The number of hydrogen-bond donors (Lipinski definition) is 0. The maximum Gasteiger partial charge on any atom is 0.232 e. The predicted octanol–water partition coefficient (Wildman–Crippen LogP) is 2.20. The van der Waals surface area contributed by atoms with Crippen molar-refractivity contribution in [1.29, 1.82) is 0 Å². The summed E-state index contributed by atoms with van der Waals surface area (Å²) in [5.74, 6) is 0.304. The molecule has 3 rings (SSSR count). The van der Waals surface area contributed by atoms with E-state index in [4.69, 9.17) is 5.53 Å². The largest absolute Gasteiger partial charge is 0.280 e. The van der Waals surface area contributed by atoms with Gasteiger partial charge in [-0.15, -0.1) is 0 Å². The Kier molecular flexibility index (Phi) is 3.93. The summed E-state index contributed by atoms with van der Waals surface area (Å²) in [5.41, 5.74) is 9.76. The molecule has 1 fully saturated rings. The van der Waals surface area contributed by atoms with Crippen LogP contribution in [-0.2, 0) is 4.79 Å². The number of carbonyl (C=O) groups excluding carboxylic acids is 1. The molecule has 8 nitrogen and oxygen atoms in total. The second kappa shape index (κ2) is 6.19. The molecule has 0 saturated carbocycles. The van der Waals surface area contributed by atoms with Crippen LogP contribution in [0.3, 0.4) is 0 Å². The Balaban J connectivity index is 1.84. The van der Waals surface area contributed by atoms with Crippen LogP contribution in [0.4, 0.5) is 5.95 Å². The smallest absolute Gasteiger partial charge is 0.232 e. The van der Waals surface area contributed by atoms with E-state index in [2.05, 4.69) is 25.0 Å². The van der Waals surface area contributed by atoms with Crippen LogP contribution in [0, 0.1) is 5.92 Å². The fourth-order valence-corrected chi connectivity index (χ4v) is 2.38. The molecule has 1 unspecified atom stereocenters. The number of azide groups is 1. The van der Waals surface area contributed by atoms with Crippen LogP contribution in [0.15, 0.2) is 41.8 Å². The molecule has 8 heteroatoms. The minimum Gasteiger partial charge on any atom is -0.280 e. The van der Waals surface area contributed by atoms with E-state index >= 15 is 0 Å². The zero-order valence-electron chi connectivity index (χ0n) is 11.7. The van der Waals surface area contributed by atoms with Gasteiger partial charge in [0.2, 0.25) is 11.9 Å². The Hall–Kier alpha value is -2.99. The van der Waals surface area contributed by atoms with Crippen molar-refractivity contribution in [1.82, 2.24) is 15.0 Å². The molecule has 1 aliphatic heterocycles. The number of hydrogen-bond acceptors (Lipinski definition) is 5. The van der Waals surface area contributed by atoms with Crippen molar-refractivity contribution in [3.8, 4) is 11.4 Å². The molecule has 0 aromatic carbocycles. The first-order valence-corrected chi connectivity index (χ1v) is 6.83. The van der Waals surface area contributed by atoms with Crippen LogP contribution in [0.1, 0.15) is 6.42 Å². The lowest BCUT2D eigenvalue weighted by Crippen LogP contribution is -2.27. The maximum atomic E-state index is 12.1. The molecule has 1 saturated heterocycles. The van der Waals surface area contributed by atoms with Crippen LogP contribution in [0.2, 0.25) is 0 Å². The van der Waals surface area contributed by atoms with E-state index in [-0.39, 0.29) is 11.8 Å². The van der Waals surface area contributed by atoms with Gasteiger partial charge in [-0.25, -0.2) is 9.97 Å². The summed E-state index contributed by atoms with van der Waals surface area (Å²) in [6.45, 7) is 0.766. The van der Waals surface area contributed by atoms with E-state index in [1.165, 1.54) is 4.90 Å². The summed E-state index contributed by atoms with van der Waals surface area (Å²) in [5, 5.41) is 3.53. The molecule has 1 amide bonds. The molecule has 1 aliphatic rings. The van der Waals surface area contributed by atoms with Crippen molar-refractivity contribution < 1.29 is 4.79 Å². The van der Waals surface area contributed by atoms with Gasteiger partial charge < -0.3 is 0 Å². The highest BCUT2D eigenvalue weighted by atomic mass is 16.2. The fraction of sp³-hybridized carbons (Fsp3) is 0.286. The lowest BCUT2D eigenvalue weighted by molar-refractivity contribution is -0.117. The van der Waals surface area contributed by atoms with Crippen molar-refractivity contribution in [2.24, 2.45) is 11.0 Å². The molecular formula is C14H13N7O. The normalized spacial score (nSPS) is 17.4. The van der Waals surface area contributed by atoms with Crippen LogP contribution in [0.5, 0.6) is 0 Å². The third-order valence-electron chi connectivity index (χ3n) is 3.42. The average Bonchev–Trinajstić information content (AvgIpc) is 2.95. The van der Waals surface area contributed by atoms with E-state index in [9.17, 15) is 4.79 Å². The van der Waals surface area contributed by atoms with E-state index in [0.29, 0.717) is 31.2 Å². The molecule has 0 aliphatic carbocycles. The highest BCUT2D eigenvalue weighted by Gasteiger charge is 2.31. The van der Waals surface area contributed by atoms with Crippen LogP contribution >= 0.6 is 0 Å². The molecule has 22 heavy (non-hydrogen) atoms. The van der Waals surface area contributed by atoms with Gasteiger partial charge >= 0.3 is 0 Å². The number of amides is 1. The molecule has 0 N–H and O–H groups in total. The van der Waals surface area contributed by atoms with E-state index in [0.717, 1.165) is 5.69 Å². The summed E-state index contributed by atoms with van der Waals surface area (Å²) in [4.78, 5) is 29.2. The summed E-state index contributed by atoms with van der Waals surface area (Å²) in [6, 6.07) is 7.31.